The Balaban J connectivity index is 1.55. The predicted octanol–water partition coefficient (Wildman–Crippen LogP) is 4.54. The highest BCUT2D eigenvalue weighted by atomic mass is 35.5. The van der Waals surface area contributed by atoms with Gasteiger partial charge in [-0.05, 0) is 29.7 Å². The number of rotatable bonds is 4. The van der Waals surface area contributed by atoms with Gasteiger partial charge in [0.25, 0.3) is 0 Å². The number of hydrogen-bond acceptors (Lipinski definition) is 4. The van der Waals surface area contributed by atoms with Crippen molar-refractivity contribution in [2.45, 2.75) is 25.1 Å². The Kier molecular flexibility index (Phi) is 5.55. The van der Waals surface area contributed by atoms with Gasteiger partial charge in [0, 0.05) is 5.56 Å². The van der Waals surface area contributed by atoms with Crippen LogP contribution in [-0.4, -0.2) is 43.4 Å². The maximum absolute atomic E-state index is 12.8. The first-order valence-electron chi connectivity index (χ1n) is 9.27. The Morgan fingerprint density at radius 3 is 2.75 bits per heavy atom. The molecular formula is C22H22ClNO4. The molecule has 4 rings (SSSR count). The van der Waals surface area contributed by atoms with Crippen LogP contribution in [-0.2, 0) is 16.1 Å². The summed E-state index contributed by atoms with van der Waals surface area (Å²) in [6, 6.07) is 15.0. The SMILES string of the molecule is COc1cccc(Cl)c1C1=CC2COCC(C1)N2C(=O)OCc1ccccc1. The Morgan fingerprint density at radius 1 is 1.18 bits per heavy atom. The Labute approximate surface area is 169 Å². The van der Waals surface area contributed by atoms with Crippen LogP contribution in [0.15, 0.2) is 54.6 Å². The van der Waals surface area contributed by atoms with E-state index in [4.69, 9.17) is 25.8 Å². The zero-order valence-electron chi connectivity index (χ0n) is 15.6. The molecule has 28 heavy (non-hydrogen) atoms. The number of benzene rings is 2. The van der Waals surface area contributed by atoms with E-state index in [9.17, 15) is 4.79 Å². The highest BCUT2D eigenvalue weighted by Gasteiger charge is 2.39. The predicted molar refractivity (Wildman–Crippen MR) is 107 cm³/mol. The van der Waals surface area contributed by atoms with Gasteiger partial charge in [0.05, 0.1) is 37.4 Å². The molecule has 1 amide bonds. The van der Waals surface area contributed by atoms with Crippen molar-refractivity contribution in [3.63, 3.8) is 0 Å². The van der Waals surface area contributed by atoms with Crippen molar-refractivity contribution in [3.05, 3.63) is 70.8 Å². The smallest absolute Gasteiger partial charge is 0.411 e. The second kappa shape index (κ2) is 8.25. The molecule has 0 spiro atoms. The molecule has 2 aromatic carbocycles. The molecule has 0 N–H and O–H groups in total. The highest BCUT2D eigenvalue weighted by molar-refractivity contribution is 6.32. The number of amides is 1. The molecular weight excluding hydrogens is 378 g/mol. The van der Waals surface area contributed by atoms with Gasteiger partial charge in [-0.3, -0.25) is 4.90 Å². The van der Waals surface area contributed by atoms with E-state index in [0.717, 1.165) is 22.4 Å². The normalized spacial score (nSPS) is 21.1. The van der Waals surface area contributed by atoms with Crippen molar-refractivity contribution < 1.29 is 19.0 Å². The van der Waals surface area contributed by atoms with E-state index in [2.05, 4.69) is 0 Å². The second-order valence-corrected chi connectivity index (χ2v) is 7.33. The summed E-state index contributed by atoms with van der Waals surface area (Å²) in [7, 11) is 1.63. The van der Waals surface area contributed by atoms with Gasteiger partial charge in [-0.15, -0.1) is 0 Å². The number of hydrogen-bond donors (Lipinski definition) is 0. The van der Waals surface area contributed by atoms with Crippen LogP contribution >= 0.6 is 11.6 Å². The average Bonchev–Trinajstić information content (AvgIpc) is 2.71. The Bertz CT molecular complexity index is 883. The monoisotopic (exact) mass is 399 g/mol. The summed E-state index contributed by atoms with van der Waals surface area (Å²) in [5.74, 6) is 0.734. The largest absolute Gasteiger partial charge is 0.496 e. The number of ether oxygens (including phenoxy) is 3. The quantitative estimate of drug-likeness (QED) is 0.757. The van der Waals surface area contributed by atoms with Gasteiger partial charge in [0.2, 0.25) is 0 Å². The number of nitrogens with zero attached hydrogens (tertiary/aromatic N) is 1. The van der Waals surface area contributed by atoms with Crippen molar-refractivity contribution >= 4 is 23.3 Å². The summed E-state index contributed by atoms with van der Waals surface area (Å²) >= 11 is 6.46. The van der Waals surface area contributed by atoms with Crippen LogP contribution in [0.3, 0.4) is 0 Å². The van der Waals surface area contributed by atoms with Gasteiger partial charge < -0.3 is 14.2 Å². The number of morpholine rings is 1. The van der Waals surface area contributed by atoms with Gasteiger partial charge in [-0.25, -0.2) is 4.79 Å². The lowest BCUT2D eigenvalue weighted by Gasteiger charge is -2.44. The molecule has 146 valence electrons. The zero-order valence-corrected chi connectivity index (χ0v) is 16.4. The maximum Gasteiger partial charge on any atom is 0.411 e. The van der Waals surface area contributed by atoms with Crippen molar-refractivity contribution in [2.75, 3.05) is 20.3 Å². The minimum absolute atomic E-state index is 0.0944. The fraction of sp³-hybridized carbons (Fsp3) is 0.318. The Morgan fingerprint density at radius 2 is 2.00 bits per heavy atom. The summed E-state index contributed by atoms with van der Waals surface area (Å²) in [5, 5.41) is 0.643. The molecule has 2 unspecified atom stereocenters. The number of halogens is 1. The molecule has 0 aromatic heterocycles. The van der Waals surface area contributed by atoms with Crippen molar-refractivity contribution in [2.24, 2.45) is 0 Å². The maximum atomic E-state index is 12.8. The van der Waals surface area contributed by atoms with Crippen molar-refractivity contribution in [1.82, 2.24) is 4.90 Å². The van der Waals surface area contributed by atoms with Gasteiger partial charge in [0.1, 0.15) is 12.4 Å². The van der Waals surface area contributed by atoms with Crippen LogP contribution in [0.5, 0.6) is 5.75 Å². The summed E-state index contributed by atoms with van der Waals surface area (Å²) < 4.78 is 16.8. The number of fused-ring (bicyclic) bond motifs is 2. The minimum Gasteiger partial charge on any atom is -0.496 e. The van der Waals surface area contributed by atoms with E-state index >= 15 is 0 Å². The number of carbonyl (C=O) groups is 1. The molecule has 2 atom stereocenters. The molecule has 2 aromatic rings. The van der Waals surface area contributed by atoms with Gasteiger partial charge in [0.15, 0.2) is 0 Å². The van der Waals surface area contributed by atoms with Gasteiger partial charge >= 0.3 is 6.09 Å². The van der Waals surface area contributed by atoms with E-state index in [1.54, 1.807) is 12.0 Å². The van der Waals surface area contributed by atoms with E-state index in [0.29, 0.717) is 24.7 Å². The molecule has 1 saturated heterocycles. The van der Waals surface area contributed by atoms with Crippen LogP contribution in [0.25, 0.3) is 5.57 Å². The van der Waals surface area contributed by atoms with E-state index < -0.39 is 0 Å². The molecule has 2 bridgehead atoms. The lowest BCUT2D eigenvalue weighted by molar-refractivity contribution is -0.0342. The lowest BCUT2D eigenvalue weighted by Crippen LogP contribution is -2.56. The third-order valence-electron chi connectivity index (χ3n) is 5.13. The van der Waals surface area contributed by atoms with E-state index in [1.165, 1.54) is 0 Å². The van der Waals surface area contributed by atoms with Gasteiger partial charge in [-0.2, -0.15) is 0 Å². The molecule has 2 aliphatic rings. The lowest BCUT2D eigenvalue weighted by atomic mass is 9.89. The standard InChI is InChI=1S/C22H22ClNO4/c1-26-20-9-5-8-19(23)21(20)16-10-17-13-27-14-18(11-16)24(17)22(25)28-12-15-6-3-2-4-7-15/h2-10,17-18H,11-14H2,1H3. The first-order chi connectivity index (χ1) is 13.7. The van der Waals surface area contributed by atoms with Crippen LogP contribution in [0.1, 0.15) is 17.5 Å². The molecule has 1 fully saturated rings. The highest BCUT2D eigenvalue weighted by Crippen LogP contribution is 2.40. The van der Waals surface area contributed by atoms with Crippen LogP contribution in [0, 0.1) is 0 Å². The minimum atomic E-state index is -0.316. The third-order valence-corrected chi connectivity index (χ3v) is 5.45. The first kappa shape index (κ1) is 18.8. The topological polar surface area (TPSA) is 48.0 Å². The number of carbonyl (C=O) groups excluding carboxylic acids is 1. The van der Waals surface area contributed by atoms with Crippen molar-refractivity contribution in [3.8, 4) is 5.75 Å². The molecule has 0 aliphatic carbocycles. The molecule has 0 radical (unpaired) electrons. The van der Waals surface area contributed by atoms with E-state index in [-0.39, 0.29) is 24.8 Å². The van der Waals surface area contributed by atoms with E-state index in [1.807, 2.05) is 54.6 Å². The fourth-order valence-corrected chi connectivity index (χ4v) is 4.13. The van der Waals surface area contributed by atoms with Crippen molar-refractivity contribution in [1.29, 1.82) is 0 Å². The summed E-state index contributed by atoms with van der Waals surface area (Å²) in [6.07, 6.45) is 2.36. The van der Waals surface area contributed by atoms with Crippen LogP contribution in [0.2, 0.25) is 5.02 Å². The second-order valence-electron chi connectivity index (χ2n) is 6.92. The molecule has 2 aliphatic heterocycles. The summed E-state index contributed by atoms with van der Waals surface area (Å²) in [6.45, 7) is 1.17. The Hall–Kier alpha value is -2.50. The zero-order chi connectivity index (χ0) is 19.5. The third kappa shape index (κ3) is 3.73. The molecule has 5 nitrogen and oxygen atoms in total. The van der Waals surface area contributed by atoms with Crippen LogP contribution in [0.4, 0.5) is 4.79 Å². The summed E-state index contributed by atoms with van der Waals surface area (Å²) in [5.41, 5.74) is 2.93. The first-order valence-corrected chi connectivity index (χ1v) is 9.65. The molecule has 2 heterocycles. The fourth-order valence-electron chi connectivity index (χ4n) is 3.85. The number of methoxy groups -OCH3 is 1. The van der Waals surface area contributed by atoms with Crippen LogP contribution < -0.4 is 4.74 Å². The molecule has 0 saturated carbocycles. The summed E-state index contributed by atoms with van der Waals surface area (Å²) in [4.78, 5) is 14.6. The molecule has 6 heteroatoms. The average molecular weight is 400 g/mol. The van der Waals surface area contributed by atoms with Gasteiger partial charge in [-0.1, -0.05) is 54.1 Å².